The number of alkyl halides is 2. The molecule has 0 bridgehead atoms. The first-order chi connectivity index (χ1) is 6.79. The average Bonchev–Trinajstić information content (AvgIpc) is 2.60. The van der Waals surface area contributed by atoms with Crippen molar-refractivity contribution in [2.45, 2.75) is 17.9 Å². The number of rotatable bonds is 1. The number of benzene rings is 1. The number of halogens is 5. The second-order valence-electron chi connectivity index (χ2n) is 3.57. The van der Waals surface area contributed by atoms with Crippen molar-refractivity contribution in [3.8, 4) is 0 Å². The monoisotopic (exact) mass is 223 g/mol. The highest BCUT2D eigenvalue weighted by Gasteiger charge is 2.71. The summed E-state index contributed by atoms with van der Waals surface area (Å²) in [5, 5.41) is 0. The van der Waals surface area contributed by atoms with Gasteiger partial charge in [-0.15, -0.1) is 0 Å². The van der Waals surface area contributed by atoms with Gasteiger partial charge in [0, 0.05) is 6.42 Å². The molecule has 1 aromatic rings. The van der Waals surface area contributed by atoms with E-state index in [2.05, 4.69) is 0 Å². The van der Waals surface area contributed by atoms with Crippen molar-refractivity contribution < 1.29 is 22.0 Å². The Labute approximate surface area is 81.7 Å². The van der Waals surface area contributed by atoms with E-state index in [0.29, 0.717) is 12.1 Å². The first kappa shape index (κ1) is 10.4. The van der Waals surface area contributed by atoms with E-state index < -0.39 is 40.9 Å². The van der Waals surface area contributed by atoms with Gasteiger partial charge in [-0.2, -0.15) is 0 Å². The second kappa shape index (κ2) is 2.69. The van der Waals surface area contributed by atoms with Gasteiger partial charge in [0.2, 0.25) is 0 Å². The summed E-state index contributed by atoms with van der Waals surface area (Å²) in [5.41, 5.74) is 1.63. The fourth-order valence-electron chi connectivity index (χ4n) is 1.51. The molecule has 2 rings (SSSR count). The van der Waals surface area contributed by atoms with E-state index in [1.165, 1.54) is 0 Å². The van der Waals surface area contributed by atoms with Gasteiger partial charge in [-0.3, -0.25) is 0 Å². The Kier molecular flexibility index (Phi) is 1.86. The normalized spacial score (nSPS) is 27.9. The van der Waals surface area contributed by atoms with E-state index in [-0.39, 0.29) is 0 Å². The molecule has 0 aliphatic heterocycles. The van der Waals surface area contributed by atoms with E-state index in [0.717, 1.165) is 0 Å². The first-order valence-electron chi connectivity index (χ1n) is 4.10. The van der Waals surface area contributed by atoms with Crippen molar-refractivity contribution in [1.29, 1.82) is 0 Å². The summed E-state index contributed by atoms with van der Waals surface area (Å²) in [6, 6.07) is 1.11. The largest absolute Gasteiger partial charge is 0.316 e. The third-order valence-electron chi connectivity index (χ3n) is 2.52. The van der Waals surface area contributed by atoms with Crippen LogP contribution in [0.25, 0.3) is 0 Å². The summed E-state index contributed by atoms with van der Waals surface area (Å²) in [5.74, 6) is -7.68. The van der Waals surface area contributed by atoms with E-state index in [1.807, 2.05) is 0 Å². The molecule has 0 spiro atoms. The van der Waals surface area contributed by atoms with Gasteiger partial charge in [0.25, 0.3) is 5.92 Å². The Morgan fingerprint density at radius 1 is 1.07 bits per heavy atom. The van der Waals surface area contributed by atoms with Crippen LogP contribution in [0.4, 0.5) is 22.0 Å². The third-order valence-corrected chi connectivity index (χ3v) is 2.52. The second-order valence-corrected chi connectivity index (χ2v) is 3.57. The van der Waals surface area contributed by atoms with E-state index in [1.54, 1.807) is 0 Å². The summed E-state index contributed by atoms with van der Waals surface area (Å²) in [7, 11) is 0. The Bertz CT molecular complexity index is 431. The summed E-state index contributed by atoms with van der Waals surface area (Å²) in [4.78, 5) is 0. The highest BCUT2D eigenvalue weighted by Crippen LogP contribution is 2.58. The lowest BCUT2D eigenvalue weighted by Gasteiger charge is -2.13. The minimum Gasteiger partial charge on any atom is -0.316 e. The molecule has 1 nitrogen and oxygen atoms in total. The van der Waals surface area contributed by atoms with Crippen LogP contribution in [-0.2, 0) is 5.54 Å². The molecule has 1 atom stereocenters. The Hall–Kier alpha value is -1.17. The fourth-order valence-corrected chi connectivity index (χ4v) is 1.51. The van der Waals surface area contributed by atoms with Gasteiger partial charge < -0.3 is 5.73 Å². The van der Waals surface area contributed by atoms with Crippen LogP contribution in [0.15, 0.2) is 12.1 Å². The van der Waals surface area contributed by atoms with E-state index in [9.17, 15) is 22.0 Å². The molecule has 1 unspecified atom stereocenters. The minimum absolute atomic E-state index is 0.526. The maximum Gasteiger partial charge on any atom is 0.272 e. The molecular weight excluding hydrogens is 217 g/mol. The van der Waals surface area contributed by atoms with Gasteiger partial charge in [-0.05, 0) is 12.1 Å². The fraction of sp³-hybridized carbons (Fsp3) is 0.333. The number of hydrogen-bond donors (Lipinski definition) is 1. The van der Waals surface area contributed by atoms with Crippen LogP contribution in [0, 0.1) is 17.5 Å². The van der Waals surface area contributed by atoms with Gasteiger partial charge in [0.05, 0.1) is 5.56 Å². The van der Waals surface area contributed by atoms with Gasteiger partial charge in [0.1, 0.15) is 11.4 Å². The maximum atomic E-state index is 13.1. The molecular formula is C9H6F5N. The molecule has 1 fully saturated rings. The van der Waals surface area contributed by atoms with Gasteiger partial charge in [-0.1, -0.05) is 0 Å². The quantitative estimate of drug-likeness (QED) is 0.573. The summed E-state index contributed by atoms with van der Waals surface area (Å²) < 4.78 is 64.5. The molecule has 82 valence electrons. The zero-order chi connectivity index (χ0) is 11.4. The lowest BCUT2D eigenvalue weighted by atomic mass is 10.0. The van der Waals surface area contributed by atoms with Crippen LogP contribution >= 0.6 is 0 Å². The predicted molar refractivity (Wildman–Crippen MR) is 41.7 cm³/mol. The van der Waals surface area contributed by atoms with Crippen molar-refractivity contribution in [1.82, 2.24) is 0 Å². The van der Waals surface area contributed by atoms with Crippen molar-refractivity contribution in [3.05, 3.63) is 35.1 Å². The van der Waals surface area contributed by atoms with Crippen LogP contribution in [0.2, 0.25) is 0 Å². The zero-order valence-corrected chi connectivity index (χ0v) is 7.33. The van der Waals surface area contributed by atoms with Crippen molar-refractivity contribution in [2.75, 3.05) is 0 Å². The molecule has 2 N–H and O–H groups in total. The first-order valence-corrected chi connectivity index (χ1v) is 4.10. The standard InChI is InChI=1S/C9H6F5N/c10-4-1-2-5(11)7(12)6(4)8(15)3-9(8,13)14/h1-2H,3,15H2. The molecule has 1 saturated carbocycles. The van der Waals surface area contributed by atoms with Gasteiger partial charge in [0.15, 0.2) is 11.6 Å². The lowest BCUT2D eigenvalue weighted by Crippen LogP contribution is -2.30. The highest BCUT2D eigenvalue weighted by molar-refractivity contribution is 5.38. The smallest absolute Gasteiger partial charge is 0.272 e. The Balaban J connectivity index is 2.60. The highest BCUT2D eigenvalue weighted by atomic mass is 19.3. The lowest BCUT2D eigenvalue weighted by molar-refractivity contribution is 0.0869. The summed E-state index contributed by atoms with van der Waals surface area (Å²) >= 11 is 0. The summed E-state index contributed by atoms with van der Waals surface area (Å²) in [6.07, 6.45) is -0.878. The zero-order valence-electron chi connectivity index (χ0n) is 7.33. The summed E-state index contributed by atoms with van der Waals surface area (Å²) in [6.45, 7) is 0. The predicted octanol–water partition coefficient (Wildman–Crippen LogP) is 2.30. The van der Waals surface area contributed by atoms with Gasteiger partial charge >= 0.3 is 0 Å². The van der Waals surface area contributed by atoms with Crippen LogP contribution in [0.3, 0.4) is 0 Å². The number of hydrogen-bond acceptors (Lipinski definition) is 1. The van der Waals surface area contributed by atoms with E-state index in [4.69, 9.17) is 5.73 Å². The SMILES string of the molecule is NC1(c2c(F)ccc(F)c2F)CC1(F)F. The molecule has 0 saturated heterocycles. The Morgan fingerprint density at radius 3 is 2.00 bits per heavy atom. The molecule has 1 aromatic carbocycles. The van der Waals surface area contributed by atoms with Crippen LogP contribution in [0.5, 0.6) is 0 Å². The van der Waals surface area contributed by atoms with Crippen molar-refractivity contribution >= 4 is 0 Å². The van der Waals surface area contributed by atoms with Crippen LogP contribution < -0.4 is 5.73 Å². The topological polar surface area (TPSA) is 26.0 Å². The minimum atomic E-state index is -3.39. The molecule has 15 heavy (non-hydrogen) atoms. The molecule has 0 radical (unpaired) electrons. The average molecular weight is 223 g/mol. The van der Waals surface area contributed by atoms with E-state index >= 15 is 0 Å². The molecule has 0 aromatic heterocycles. The molecule has 0 heterocycles. The van der Waals surface area contributed by atoms with Crippen LogP contribution in [-0.4, -0.2) is 5.92 Å². The van der Waals surface area contributed by atoms with Crippen molar-refractivity contribution in [3.63, 3.8) is 0 Å². The number of nitrogens with two attached hydrogens (primary N) is 1. The molecule has 0 amide bonds. The third kappa shape index (κ3) is 1.24. The van der Waals surface area contributed by atoms with Crippen molar-refractivity contribution in [2.24, 2.45) is 5.73 Å². The molecule has 1 aliphatic rings. The molecule has 6 heteroatoms. The maximum absolute atomic E-state index is 13.1. The van der Waals surface area contributed by atoms with Crippen LogP contribution in [0.1, 0.15) is 12.0 Å². The molecule has 1 aliphatic carbocycles. The van der Waals surface area contributed by atoms with Gasteiger partial charge in [-0.25, -0.2) is 22.0 Å². The Morgan fingerprint density at radius 2 is 1.53 bits per heavy atom.